The Balaban J connectivity index is 2.90. The first kappa shape index (κ1) is 12.6. The first-order chi connectivity index (χ1) is 7.54. The topological polar surface area (TPSA) is 29.4 Å². The Morgan fingerprint density at radius 2 is 1.88 bits per heavy atom. The Kier molecular flexibility index (Phi) is 4.35. The zero-order chi connectivity index (χ0) is 12.1. The van der Waals surface area contributed by atoms with E-state index in [1.165, 1.54) is 12.1 Å². The molecule has 3 heteroatoms. The molecule has 0 aliphatic heterocycles. The van der Waals surface area contributed by atoms with E-state index < -0.39 is 0 Å². The average molecular weight is 221 g/mol. The highest BCUT2D eigenvalue weighted by atomic mass is 19.1. The zero-order valence-electron chi connectivity index (χ0n) is 9.77. The van der Waals surface area contributed by atoms with E-state index in [1.807, 2.05) is 26.8 Å². The van der Waals surface area contributed by atoms with Gasteiger partial charge in [-0.2, -0.15) is 4.91 Å². The summed E-state index contributed by atoms with van der Waals surface area (Å²) in [5.41, 5.74) is 1.78. The minimum absolute atomic E-state index is 0.175. The second-order valence-electron chi connectivity index (χ2n) is 4.23. The Morgan fingerprint density at radius 3 is 2.31 bits per heavy atom. The standard InChI is InChI=1S/C13H16FNO/c1-9(2)13(15-16)10(3)8-11-4-6-12(14)7-5-11/h4-9,13H,1-3H3. The molecular weight excluding hydrogens is 205 g/mol. The zero-order valence-corrected chi connectivity index (χ0v) is 9.77. The maximum atomic E-state index is 12.7. The van der Waals surface area contributed by atoms with Gasteiger partial charge in [-0.25, -0.2) is 4.39 Å². The van der Waals surface area contributed by atoms with Gasteiger partial charge < -0.3 is 0 Å². The van der Waals surface area contributed by atoms with Gasteiger partial charge in [-0.05, 0) is 36.1 Å². The molecule has 0 bridgehead atoms. The molecule has 0 fully saturated rings. The van der Waals surface area contributed by atoms with Crippen molar-refractivity contribution < 1.29 is 4.39 Å². The number of nitroso groups, excluding NO2 is 1. The molecule has 0 heterocycles. The molecule has 0 saturated heterocycles. The van der Waals surface area contributed by atoms with Crippen LogP contribution in [-0.2, 0) is 0 Å². The minimum Gasteiger partial charge on any atom is -0.207 e. The van der Waals surface area contributed by atoms with Gasteiger partial charge >= 0.3 is 0 Å². The molecular formula is C13H16FNO. The Labute approximate surface area is 95.2 Å². The second-order valence-corrected chi connectivity index (χ2v) is 4.23. The third kappa shape index (κ3) is 3.26. The molecule has 0 aliphatic rings. The molecule has 1 rings (SSSR count). The summed E-state index contributed by atoms with van der Waals surface area (Å²) in [5, 5.41) is 3.11. The van der Waals surface area contributed by atoms with Crippen LogP contribution in [0.15, 0.2) is 35.0 Å². The number of halogens is 1. The van der Waals surface area contributed by atoms with Crippen molar-refractivity contribution >= 4 is 6.08 Å². The highest BCUT2D eigenvalue weighted by Gasteiger charge is 2.15. The van der Waals surface area contributed by atoms with Crippen LogP contribution in [0.3, 0.4) is 0 Å². The van der Waals surface area contributed by atoms with Gasteiger partial charge in [0.1, 0.15) is 11.9 Å². The van der Waals surface area contributed by atoms with Crippen LogP contribution in [0.4, 0.5) is 4.39 Å². The van der Waals surface area contributed by atoms with Crippen LogP contribution in [0, 0.1) is 16.6 Å². The van der Waals surface area contributed by atoms with Gasteiger partial charge in [-0.3, -0.25) is 0 Å². The minimum atomic E-state index is -0.315. The van der Waals surface area contributed by atoms with E-state index >= 15 is 0 Å². The lowest BCUT2D eigenvalue weighted by Crippen LogP contribution is -2.13. The normalized spacial score (nSPS) is 13.9. The molecule has 0 spiro atoms. The van der Waals surface area contributed by atoms with Crippen LogP contribution in [-0.4, -0.2) is 6.04 Å². The number of rotatable bonds is 4. The summed E-state index contributed by atoms with van der Waals surface area (Å²) in [6.45, 7) is 5.78. The van der Waals surface area contributed by atoms with Crippen LogP contribution >= 0.6 is 0 Å². The van der Waals surface area contributed by atoms with Gasteiger partial charge in [0.05, 0.1) is 0 Å². The molecule has 1 aromatic rings. The smallest absolute Gasteiger partial charge is 0.123 e. The SMILES string of the molecule is CC(=Cc1ccc(F)cc1)C(N=O)C(C)C. The van der Waals surface area contributed by atoms with Gasteiger partial charge in [0, 0.05) is 0 Å². The summed E-state index contributed by atoms with van der Waals surface area (Å²) in [5.74, 6) is -0.0853. The highest BCUT2D eigenvalue weighted by molar-refractivity contribution is 5.53. The number of hydrogen-bond acceptors (Lipinski definition) is 2. The van der Waals surface area contributed by atoms with Crippen molar-refractivity contribution in [1.82, 2.24) is 0 Å². The number of nitrogens with zero attached hydrogens (tertiary/aromatic N) is 1. The lowest BCUT2D eigenvalue weighted by atomic mass is 9.96. The molecule has 1 aromatic carbocycles. The predicted molar refractivity (Wildman–Crippen MR) is 64.5 cm³/mol. The van der Waals surface area contributed by atoms with Crippen LogP contribution in [0.5, 0.6) is 0 Å². The largest absolute Gasteiger partial charge is 0.207 e. The summed E-state index contributed by atoms with van der Waals surface area (Å²) in [7, 11) is 0. The molecule has 1 unspecified atom stereocenters. The Morgan fingerprint density at radius 1 is 1.31 bits per heavy atom. The molecule has 0 saturated carbocycles. The lowest BCUT2D eigenvalue weighted by Gasteiger charge is -2.13. The van der Waals surface area contributed by atoms with Gasteiger partial charge in [-0.1, -0.05) is 37.2 Å². The van der Waals surface area contributed by atoms with E-state index in [2.05, 4.69) is 5.18 Å². The molecule has 16 heavy (non-hydrogen) atoms. The first-order valence-electron chi connectivity index (χ1n) is 5.31. The molecule has 2 nitrogen and oxygen atoms in total. The van der Waals surface area contributed by atoms with Crippen molar-refractivity contribution in [2.45, 2.75) is 26.8 Å². The van der Waals surface area contributed by atoms with Crippen LogP contribution in [0.2, 0.25) is 0 Å². The van der Waals surface area contributed by atoms with Crippen molar-refractivity contribution in [3.8, 4) is 0 Å². The first-order valence-corrected chi connectivity index (χ1v) is 5.31. The summed E-state index contributed by atoms with van der Waals surface area (Å²) in [6.07, 6.45) is 1.87. The van der Waals surface area contributed by atoms with E-state index in [4.69, 9.17) is 0 Å². The summed E-state index contributed by atoms with van der Waals surface area (Å²) >= 11 is 0. The van der Waals surface area contributed by atoms with E-state index in [0.29, 0.717) is 0 Å². The molecule has 0 N–H and O–H groups in total. The van der Waals surface area contributed by atoms with Gasteiger partial charge in [0.15, 0.2) is 0 Å². The van der Waals surface area contributed by atoms with E-state index in [9.17, 15) is 9.30 Å². The molecule has 0 aromatic heterocycles. The van der Waals surface area contributed by atoms with E-state index in [-0.39, 0.29) is 17.8 Å². The third-order valence-corrected chi connectivity index (χ3v) is 2.48. The van der Waals surface area contributed by atoms with Gasteiger partial charge in [-0.15, -0.1) is 0 Å². The van der Waals surface area contributed by atoms with Crippen molar-refractivity contribution in [3.63, 3.8) is 0 Å². The maximum Gasteiger partial charge on any atom is 0.123 e. The fraction of sp³-hybridized carbons (Fsp3) is 0.385. The quantitative estimate of drug-likeness (QED) is 0.706. The van der Waals surface area contributed by atoms with Crippen molar-refractivity contribution in [3.05, 3.63) is 46.1 Å². The number of benzene rings is 1. The monoisotopic (exact) mass is 221 g/mol. The van der Waals surface area contributed by atoms with Crippen LogP contribution < -0.4 is 0 Å². The van der Waals surface area contributed by atoms with Gasteiger partial charge in [0.2, 0.25) is 0 Å². The summed E-state index contributed by atoms with van der Waals surface area (Å²) < 4.78 is 12.7. The van der Waals surface area contributed by atoms with Crippen molar-refractivity contribution in [1.29, 1.82) is 0 Å². The molecule has 86 valence electrons. The highest BCUT2D eigenvalue weighted by Crippen LogP contribution is 2.18. The van der Waals surface area contributed by atoms with Crippen molar-refractivity contribution in [2.75, 3.05) is 0 Å². The van der Waals surface area contributed by atoms with E-state index in [1.54, 1.807) is 12.1 Å². The fourth-order valence-corrected chi connectivity index (χ4v) is 1.64. The third-order valence-electron chi connectivity index (χ3n) is 2.48. The summed E-state index contributed by atoms with van der Waals surface area (Å²) in [4.78, 5) is 10.7. The average Bonchev–Trinajstić information content (AvgIpc) is 2.22. The molecule has 0 radical (unpaired) electrons. The summed E-state index contributed by atoms with van der Waals surface area (Å²) in [6, 6.07) is 5.85. The van der Waals surface area contributed by atoms with Gasteiger partial charge in [0.25, 0.3) is 0 Å². The second kappa shape index (κ2) is 5.54. The van der Waals surface area contributed by atoms with Crippen LogP contribution in [0.1, 0.15) is 26.3 Å². The Hall–Kier alpha value is -1.51. The van der Waals surface area contributed by atoms with Crippen molar-refractivity contribution in [2.24, 2.45) is 11.1 Å². The lowest BCUT2D eigenvalue weighted by molar-refractivity contribution is 0.550. The predicted octanol–water partition coefficient (Wildman–Crippen LogP) is 4.02. The fourth-order valence-electron chi connectivity index (χ4n) is 1.64. The molecule has 0 aliphatic carbocycles. The molecule has 1 atom stereocenters. The maximum absolute atomic E-state index is 12.7. The Bertz CT molecular complexity index is 381. The van der Waals surface area contributed by atoms with E-state index in [0.717, 1.165) is 11.1 Å². The number of hydrogen-bond donors (Lipinski definition) is 0. The molecule has 0 amide bonds. The van der Waals surface area contributed by atoms with Crippen LogP contribution in [0.25, 0.3) is 6.08 Å².